The smallest absolute Gasteiger partial charge is 0.0699 e. The zero-order valence-electron chi connectivity index (χ0n) is 10.8. The fraction of sp³-hybridized carbons (Fsp3) is 0.333. The van der Waals surface area contributed by atoms with Gasteiger partial charge in [0.25, 0.3) is 0 Å². The molecule has 0 spiro atoms. The van der Waals surface area contributed by atoms with E-state index < -0.39 is 0 Å². The Morgan fingerprint density at radius 3 is 2.41 bits per heavy atom. The van der Waals surface area contributed by atoms with Crippen LogP contribution in [0.3, 0.4) is 0 Å². The first-order valence-corrected chi connectivity index (χ1v) is 6.10. The molecule has 0 radical (unpaired) electrons. The molecule has 2 N–H and O–H groups in total. The number of aliphatic hydroxyl groups is 1. The number of hydrogen-bond acceptors (Lipinski definition) is 2. The molecular formula is C15H21NO. The molecule has 1 aromatic carbocycles. The normalized spacial score (nSPS) is 17.6. The predicted octanol–water partition coefficient (Wildman–Crippen LogP) is 3.10. The van der Waals surface area contributed by atoms with E-state index in [1.54, 1.807) is 0 Å². The fourth-order valence-corrected chi connectivity index (χ4v) is 1.65. The van der Waals surface area contributed by atoms with E-state index in [0.717, 1.165) is 5.57 Å². The zero-order chi connectivity index (χ0) is 12.7. The zero-order valence-corrected chi connectivity index (χ0v) is 10.8. The predicted molar refractivity (Wildman–Crippen MR) is 72.7 cm³/mol. The third-order valence-electron chi connectivity index (χ3n) is 2.57. The maximum Gasteiger partial charge on any atom is 0.0699 e. The first-order chi connectivity index (χ1) is 8.29. The largest absolute Gasteiger partial charge is 0.392 e. The summed E-state index contributed by atoms with van der Waals surface area (Å²) < 4.78 is 0. The molecule has 0 amide bonds. The van der Waals surface area contributed by atoms with Gasteiger partial charge in [-0.25, -0.2) is 0 Å². The average Bonchev–Trinajstić information content (AvgIpc) is 2.42. The van der Waals surface area contributed by atoms with Gasteiger partial charge in [0, 0.05) is 0 Å². The lowest BCUT2D eigenvalue weighted by molar-refractivity contribution is 0.333. The van der Waals surface area contributed by atoms with Gasteiger partial charge in [0.15, 0.2) is 0 Å². The molecular weight excluding hydrogens is 210 g/mol. The Kier molecular flexibility index (Phi) is 5.50. The van der Waals surface area contributed by atoms with E-state index in [4.69, 9.17) is 5.11 Å². The molecule has 92 valence electrons. The third kappa shape index (κ3) is 3.75. The van der Waals surface area contributed by atoms with Crippen LogP contribution < -0.4 is 5.32 Å². The molecule has 1 atom stereocenters. The van der Waals surface area contributed by atoms with Crippen LogP contribution in [0.5, 0.6) is 0 Å². The quantitative estimate of drug-likeness (QED) is 0.819. The summed E-state index contributed by atoms with van der Waals surface area (Å²) in [6.07, 6.45) is 5.82. The Morgan fingerprint density at radius 2 is 1.82 bits per heavy atom. The molecule has 0 saturated carbocycles. The van der Waals surface area contributed by atoms with Crippen LogP contribution in [0.2, 0.25) is 0 Å². The van der Waals surface area contributed by atoms with Crippen LogP contribution in [0.4, 0.5) is 0 Å². The minimum absolute atomic E-state index is 0.0978. The first-order valence-electron chi connectivity index (χ1n) is 6.10. The summed E-state index contributed by atoms with van der Waals surface area (Å²) in [7, 11) is 0. The van der Waals surface area contributed by atoms with E-state index in [2.05, 4.69) is 36.5 Å². The Labute approximate surface area is 104 Å². The van der Waals surface area contributed by atoms with Crippen LogP contribution >= 0.6 is 0 Å². The number of rotatable bonds is 2. The highest BCUT2D eigenvalue weighted by molar-refractivity contribution is 5.33. The lowest BCUT2D eigenvalue weighted by Crippen LogP contribution is -2.17. The SMILES string of the molecule is CC.Cc1ccc(C2C=C(CO)C=CN2)cc1. The number of aliphatic hydroxyl groups excluding tert-OH is 1. The van der Waals surface area contributed by atoms with E-state index in [-0.39, 0.29) is 12.6 Å². The van der Waals surface area contributed by atoms with Gasteiger partial charge in [-0.3, -0.25) is 0 Å². The van der Waals surface area contributed by atoms with Gasteiger partial charge in [0.05, 0.1) is 12.6 Å². The van der Waals surface area contributed by atoms with Crippen molar-refractivity contribution in [1.29, 1.82) is 0 Å². The molecule has 0 fully saturated rings. The van der Waals surface area contributed by atoms with Crippen molar-refractivity contribution in [2.75, 3.05) is 6.61 Å². The van der Waals surface area contributed by atoms with Crippen LogP contribution in [-0.4, -0.2) is 11.7 Å². The monoisotopic (exact) mass is 231 g/mol. The van der Waals surface area contributed by atoms with Crippen LogP contribution in [0, 0.1) is 6.92 Å². The molecule has 0 bridgehead atoms. The van der Waals surface area contributed by atoms with E-state index in [1.807, 2.05) is 32.2 Å². The van der Waals surface area contributed by atoms with Crippen molar-refractivity contribution in [2.24, 2.45) is 0 Å². The summed E-state index contributed by atoms with van der Waals surface area (Å²) in [4.78, 5) is 0. The number of hydrogen-bond donors (Lipinski definition) is 2. The molecule has 2 heteroatoms. The second-order valence-corrected chi connectivity index (χ2v) is 3.79. The van der Waals surface area contributed by atoms with Gasteiger partial charge in [-0.15, -0.1) is 0 Å². The van der Waals surface area contributed by atoms with Crippen molar-refractivity contribution < 1.29 is 5.11 Å². The molecule has 0 saturated heterocycles. The van der Waals surface area contributed by atoms with Gasteiger partial charge in [-0.2, -0.15) is 0 Å². The molecule has 2 nitrogen and oxygen atoms in total. The highest BCUT2D eigenvalue weighted by atomic mass is 16.3. The summed E-state index contributed by atoms with van der Waals surface area (Å²) >= 11 is 0. The fourth-order valence-electron chi connectivity index (χ4n) is 1.65. The molecule has 1 aliphatic rings. The van der Waals surface area contributed by atoms with Crippen molar-refractivity contribution in [3.63, 3.8) is 0 Å². The van der Waals surface area contributed by atoms with Crippen LogP contribution in [0.15, 0.2) is 48.2 Å². The maximum atomic E-state index is 9.05. The highest BCUT2D eigenvalue weighted by Crippen LogP contribution is 2.19. The van der Waals surface area contributed by atoms with Crippen molar-refractivity contribution in [3.8, 4) is 0 Å². The first kappa shape index (κ1) is 13.5. The summed E-state index contributed by atoms with van der Waals surface area (Å²) in [5, 5.41) is 12.3. The minimum Gasteiger partial charge on any atom is -0.392 e. The Balaban J connectivity index is 0.000000686. The second-order valence-electron chi connectivity index (χ2n) is 3.79. The summed E-state index contributed by atoms with van der Waals surface area (Å²) in [6.45, 7) is 6.17. The van der Waals surface area contributed by atoms with Gasteiger partial charge in [0.1, 0.15) is 0 Å². The standard InChI is InChI=1S/C13H15NO.C2H6/c1-10-2-4-12(5-3-10)13-8-11(9-15)6-7-14-13;1-2/h2-8,13-15H,9H2,1H3;1-2H3. The van der Waals surface area contributed by atoms with Crippen LogP contribution in [-0.2, 0) is 0 Å². The van der Waals surface area contributed by atoms with Crippen LogP contribution in [0.25, 0.3) is 0 Å². The van der Waals surface area contributed by atoms with Gasteiger partial charge in [0.2, 0.25) is 0 Å². The maximum absolute atomic E-state index is 9.05. The third-order valence-corrected chi connectivity index (χ3v) is 2.57. The number of aryl methyl sites for hydroxylation is 1. The summed E-state index contributed by atoms with van der Waals surface area (Å²) in [5.74, 6) is 0. The van der Waals surface area contributed by atoms with E-state index in [0.29, 0.717) is 0 Å². The Bertz CT molecular complexity index is 390. The van der Waals surface area contributed by atoms with Crippen molar-refractivity contribution in [3.05, 3.63) is 59.3 Å². The molecule has 1 aliphatic heterocycles. The topological polar surface area (TPSA) is 32.3 Å². The summed E-state index contributed by atoms with van der Waals surface area (Å²) in [5.41, 5.74) is 3.44. The van der Waals surface area contributed by atoms with Crippen molar-refractivity contribution in [1.82, 2.24) is 5.32 Å². The van der Waals surface area contributed by atoms with Crippen molar-refractivity contribution in [2.45, 2.75) is 26.8 Å². The van der Waals surface area contributed by atoms with Gasteiger partial charge in [-0.1, -0.05) is 49.8 Å². The molecule has 1 unspecified atom stereocenters. The average molecular weight is 231 g/mol. The summed E-state index contributed by atoms with van der Waals surface area (Å²) in [6, 6.07) is 8.59. The molecule has 1 aromatic rings. The Hall–Kier alpha value is -1.54. The molecule has 0 aromatic heterocycles. The minimum atomic E-state index is 0.0978. The molecule has 2 rings (SSSR count). The molecule has 0 aliphatic carbocycles. The number of dihydropyridines is 1. The van der Waals surface area contributed by atoms with Gasteiger partial charge < -0.3 is 10.4 Å². The van der Waals surface area contributed by atoms with Crippen molar-refractivity contribution >= 4 is 0 Å². The van der Waals surface area contributed by atoms with E-state index >= 15 is 0 Å². The lowest BCUT2D eigenvalue weighted by Gasteiger charge is -2.18. The highest BCUT2D eigenvalue weighted by Gasteiger charge is 2.09. The Morgan fingerprint density at radius 1 is 1.18 bits per heavy atom. The number of nitrogens with one attached hydrogen (secondary N) is 1. The van der Waals surface area contributed by atoms with Gasteiger partial charge in [-0.05, 0) is 30.3 Å². The lowest BCUT2D eigenvalue weighted by atomic mass is 10.0. The second kappa shape index (κ2) is 6.92. The van der Waals surface area contributed by atoms with E-state index in [9.17, 15) is 0 Å². The molecule has 17 heavy (non-hydrogen) atoms. The van der Waals surface area contributed by atoms with Gasteiger partial charge >= 0.3 is 0 Å². The molecule has 1 heterocycles. The number of benzene rings is 1. The van der Waals surface area contributed by atoms with E-state index in [1.165, 1.54) is 11.1 Å². The van der Waals surface area contributed by atoms with Crippen LogP contribution in [0.1, 0.15) is 31.0 Å².